The van der Waals surface area contributed by atoms with Gasteiger partial charge in [-0.15, -0.1) is 0 Å². The van der Waals surface area contributed by atoms with Crippen molar-refractivity contribution in [1.82, 2.24) is 4.90 Å². The first kappa shape index (κ1) is 21.4. The highest BCUT2D eigenvalue weighted by Crippen LogP contribution is 2.40. The van der Waals surface area contributed by atoms with Crippen LogP contribution in [0.5, 0.6) is 17.2 Å². The lowest BCUT2D eigenvalue weighted by molar-refractivity contribution is -0.119. The van der Waals surface area contributed by atoms with E-state index in [-0.39, 0.29) is 36.2 Å². The summed E-state index contributed by atoms with van der Waals surface area (Å²) in [5.41, 5.74) is 0.914. The number of hydrogen-bond acceptors (Lipinski definition) is 7. The van der Waals surface area contributed by atoms with Gasteiger partial charge in [0.2, 0.25) is 6.79 Å². The van der Waals surface area contributed by atoms with Crippen molar-refractivity contribution >= 4 is 44.3 Å². The number of amidine groups is 1. The van der Waals surface area contributed by atoms with E-state index in [0.29, 0.717) is 34.0 Å². The zero-order valence-corrected chi connectivity index (χ0v) is 19.2. The highest BCUT2D eigenvalue weighted by molar-refractivity contribution is 8.15. The zero-order chi connectivity index (χ0) is 22.3. The number of rotatable bonds is 5. The minimum Gasteiger partial charge on any atom is -0.484 e. The number of amides is 1. The van der Waals surface area contributed by atoms with E-state index in [1.54, 1.807) is 24.3 Å². The fourth-order valence-corrected chi connectivity index (χ4v) is 7.97. The van der Waals surface area contributed by atoms with Crippen LogP contribution in [0.2, 0.25) is 5.02 Å². The van der Waals surface area contributed by atoms with Crippen LogP contribution in [0.3, 0.4) is 0 Å². The van der Waals surface area contributed by atoms with Crippen LogP contribution in [-0.2, 0) is 21.2 Å². The first-order valence-corrected chi connectivity index (χ1v) is 13.0. The highest BCUT2D eigenvalue weighted by Gasteiger charge is 2.48. The maximum atomic E-state index is 12.5. The van der Waals surface area contributed by atoms with E-state index in [0.717, 1.165) is 5.56 Å². The number of ether oxygens (including phenoxy) is 3. The van der Waals surface area contributed by atoms with Crippen LogP contribution in [0.4, 0.5) is 0 Å². The normalized spacial score (nSPS) is 24.0. The van der Waals surface area contributed by atoms with E-state index < -0.39 is 15.7 Å². The van der Waals surface area contributed by atoms with Gasteiger partial charge in [0.15, 0.2) is 33.1 Å². The first-order valence-electron chi connectivity index (χ1n) is 9.88. The molecule has 2 saturated heterocycles. The van der Waals surface area contributed by atoms with Crippen LogP contribution in [0.1, 0.15) is 5.56 Å². The van der Waals surface area contributed by atoms with Gasteiger partial charge in [-0.3, -0.25) is 4.79 Å². The number of nitrogens with zero attached hydrogens (tertiary/aromatic N) is 2. The molecule has 0 N–H and O–H groups in total. The molecule has 0 aliphatic carbocycles. The molecule has 8 nitrogen and oxygen atoms in total. The summed E-state index contributed by atoms with van der Waals surface area (Å²) in [7, 11) is -3.12. The number of benzene rings is 2. The van der Waals surface area contributed by atoms with Gasteiger partial charge < -0.3 is 19.1 Å². The lowest BCUT2D eigenvalue weighted by Gasteiger charge is -2.24. The van der Waals surface area contributed by atoms with Crippen molar-refractivity contribution in [3.8, 4) is 17.2 Å². The van der Waals surface area contributed by atoms with Crippen LogP contribution in [0.25, 0.3) is 0 Å². The molecule has 3 aliphatic rings. The molecule has 1 amide bonds. The molecule has 168 valence electrons. The molecule has 2 atom stereocenters. The van der Waals surface area contributed by atoms with Crippen molar-refractivity contribution in [2.45, 2.75) is 17.8 Å². The average Bonchev–Trinajstić information content (AvgIpc) is 3.41. The third-order valence-corrected chi connectivity index (χ3v) is 8.86. The zero-order valence-electron chi connectivity index (χ0n) is 16.8. The number of carbonyl (C=O) groups excluding carboxylic acids is 1. The van der Waals surface area contributed by atoms with Gasteiger partial charge in [0, 0.05) is 16.8 Å². The Morgan fingerprint density at radius 3 is 2.75 bits per heavy atom. The molecule has 0 unspecified atom stereocenters. The Kier molecular flexibility index (Phi) is 5.68. The van der Waals surface area contributed by atoms with Gasteiger partial charge >= 0.3 is 0 Å². The summed E-state index contributed by atoms with van der Waals surface area (Å²) in [6, 6.07) is 12.1. The van der Waals surface area contributed by atoms with E-state index in [1.165, 1.54) is 11.8 Å². The minimum atomic E-state index is -3.12. The smallest absolute Gasteiger partial charge is 0.285 e. The van der Waals surface area contributed by atoms with Gasteiger partial charge in [-0.05, 0) is 42.0 Å². The number of sulfone groups is 1. The standard InChI is InChI=1S/C21H19ClN2O6S2/c22-14-2-4-15(5-3-14)28-9-20(25)23-21-24(16-10-32(26,27)11-19(16)31-21)8-13-1-6-17-18(7-13)30-12-29-17/h1-7,16,19H,8-12H2/t16-,19-/m1/s1. The summed E-state index contributed by atoms with van der Waals surface area (Å²) in [4.78, 5) is 18.7. The predicted octanol–water partition coefficient (Wildman–Crippen LogP) is 2.74. The fourth-order valence-electron chi connectivity index (χ4n) is 3.87. The van der Waals surface area contributed by atoms with E-state index in [4.69, 9.17) is 25.8 Å². The molecular formula is C21H19ClN2O6S2. The molecule has 0 saturated carbocycles. The van der Waals surface area contributed by atoms with Crippen LogP contribution in [0.15, 0.2) is 47.5 Å². The number of thioether (sulfide) groups is 1. The van der Waals surface area contributed by atoms with Crippen molar-refractivity contribution in [3.05, 3.63) is 53.1 Å². The van der Waals surface area contributed by atoms with Crippen molar-refractivity contribution in [2.24, 2.45) is 4.99 Å². The van der Waals surface area contributed by atoms with Gasteiger partial charge in [0.25, 0.3) is 5.91 Å². The quantitative estimate of drug-likeness (QED) is 0.626. The molecule has 32 heavy (non-hydrogen) atoms. The molecule has 5 rings (SSSR count). The minimum absolute atomic E-state index is 0.0453. The van der Waals surface area contributed by atoms with Crippen LogP contribution in [-0.4, -0.2) is 60.6 Å². The molecule has 3 aliphatic heterocycles. The maximum absolute atomic E-state index is 12.5. The third-order valence-electron chi connectivity index (χ3n) is 5.36. The summed E-state index contributed by atoms with van der Waals surface area (Å²) in [6.07, 6.45) is 0. The summed E-state index contributed by atoms with van der Waals surface area (Å²) in [5.74, 6) is 1.52. The van der Waals surface area contributed by atoms with E-state index in [2.05, 4.69) is 4.99 Å². The summed E-state index contributed by atoms with van der Waals surface area (Å²) in [6.45, 7) is 0.359. The summed E-state index contributed by atoms with van der Waals surface area (Å²) < 4.78 is 40.7. The van der Waals surface area contributed by atoms with Crippen LogP contribution in [0, 0.1) is 0 Å². The van der Waals surface area contributed by atoms with E-state index >= 15 is 0 Å². The van der Waals surface area contributed by atoms with Crippen molar-refractivity contribution in [2.75, 3.05) is 24.9 Å². The summed E-state index contributed by atoms with van der Waals surface area (Å²) in [5, 5.41) is 0.932. The first-order chi connectivity index (χ1) is 15.4. The highest BCUT2D eigenvalue weighted by atomic mass is 35.5. The average molecular weight is 495 g/mol. The Morgan fingerprint density at radius 2 is 1.94 bits per heavy atom. The molecule has 3 heterocycles. The lowest BCUT2D eigenvalue weighted by Crippen LogP contribution is -2.37. The van der Waals surface area contributed by atoms with Crippen LogP contribution < -0.4 is 14.2 Å². The lowest BCUT2D eigenvalue weighted by atomic mass is 10.1. The number of aliphatic imine (C=N–C) groups is 1. The number of fused-ring (bicyclic) bond motifs is 2. The molecule has 0 radical (unpaired) electrons. The van der Waals surface area contributed by atoms with Gasteiger partial charge in [-0.25, -0.2) is 8.42 Å². The van der Waals surface area contributed by atoms with Gasteiger partial charge in [0.05, 0.1) is 17.5 Å². The topological polar surface area (TPSA) is 94.5 Å². The Morgan fingerprint density at radius 1 is 1.16 bits per heavy atom. The number of hydrogen-bond donors (Lipinski definition) is 0. The summed E-state index contributed by atoms with van der Waals surface area (Å²) >= 11 is 7.19. The van der Waals surface area contributed by atoms with Crippen molar-refractivity contribution < 1.29 is 27.4 Å². The third kappa shape index (κ3) is 4.53. The molecule has 0 spiro atoms. The molecular weight excluding hydrogens is 476 g/mol. The number of carbonyl (C=O) groups is 1. The maximum Gasteiger partial charge on any atom is 0.285 e. The molecule has 0 bridgehead atoms. The SMILES string of the molecule is O=C(COc1ccc(Cl)cc1)N=C1S[C@@H]2CS(=O)(=O)C[C@H]2N1Cc1ccc2c(c1)OCO2. The van der Waals surface area contributed by atoms with Gasteiger partial charge in [-0.2, -0.15) is 4.99 Å². The Balaban J connectivity index is 1.34. The van der Waals surface area contributed by atoms with Crippen molar-refractivity contribution in [1.29, 1.82) is 0 Å². The molecule has 2 aromatic rings. The van der Waals surface area contributed by atoms with Crippen molar-refractivity contribution in [3.63, 3.8) is 0 Å². The van der Waals surface area contributed by atoms with E-state index in [9.17, 15) is 13.2 Å². The van der Waals surface area contributed by atoms with Gasteiger partial charge in [0.1, 0.15) is 5.75 Å². The Bertz CT molecular complexity index is 1190. The second-order valence-corrected chi connectivity index (χ2v) is 11.4. The van der Waals surface area contributed by atoms with E-state index in [1.807, 2.05) is 23.1 Å². The monoisotopic (exact) mass is 494 g/mol. The fraction of sp³-hybridized carbons (Fsp3) is 0.333. The second-order valence-electron chi connectivity index (χ2n) is 7.65. The second kappa shape index (κ2) is 8.49. The van der Waals surface area contributed by atoms with Gasteiger partial charge in [-0.1, -0.05) is 29.4 Å². The Hall–Kier alpha value is -2.43. The Labute approximate surface area is 194 Å². The molecule has 11 heteroatoms. The molecule has 2 aromatic carbocycles. The molecule has 0 aromatic heterocycles. The van der Waals surface area contributed by atoms with Crippen LogP contribution >= 0.6 is 23.4 Å². The predicted molar refractivity (Wildman–Crippen MR) is 121 cm³/mol. The molecule has 2 fully saturated rings. The largest absolute Gasteiger partial charge is 0.484 e. The number of halogens is 1.